The number of nitrogens with zero attached hydrogens (tertiary/aromatic N) is 3. The average molecular weight is 532 g/mol. The molecule has 2 heterocycles. The van der Waals surface area contributed by atoms with Gasteiger partial charge in [-0.1, -0.05) is 18.6 Å². The number of benzene rings is 1. The zero-order valence-corrected chi connectivity index (χ0v) is 22.5. The van der Waals surface area contributed by atoms with Crippen molar-refractivity contribution in [3.8, 4) is 0 Å². The molecule has 3 N–H and O–H groups in total. The van der Waals surface area contributed by atoms with Gasteiger partial charge in [-0.15, -0.1) is 0 Å². The lowest BCUT2D eigenvalue weighted by Crippen LogP contribution is -2.46. The number of aliphatic imine (C=N–C) groups is 1. The normalized spacial score (nSPS) is 27.1. The zero-order valence-electron chi connectivity index (χ0n) is 22.5. The lowest BCUT2D eigenvalue weighted by atomic mass is 9.65. The Morgan fingerprint density at radius 3 is 2.72 bits per heavy atom. The Hall–Kier alpha value is -3.39. The minimum absolute atomic E-state index is 0.0612. The maximum atomic E-state index is 13.4. The molecule has 7 nitrogen and oxygen atoms in total. The van der Waals surface area contributed by atoms with E-state index in [0.717, 1.165) is 49.8 Å². The molecule has 1 aromatic carbocycles. The third-order valence-corrected chi connectivity index (χ3v) is 9.09. The molecule has 2 aliphatic carbocycles. The first-order valence-corrected chi connectivity index (χ1v) is 14.0. The Bertz CT molecular complexity index is 1220. The number of hydrogen-bond acceptors (Lipinski definition) is 5. The molecule has 4 unspecified atom stereocenters. The molecule has 2 amide bonds. The van der Waals surface area contributed by atoms with Gasteiger partial charge in [0.25, 0.3) is 0 Å². The van der Waals surface area contributed by atoms with Gasteiger partial charge in [0.05, 0.1) is 11.7 Å². The molecule has 3 aliphatic rings. The number of fused-ring (bicyclic) bond motifs is 1. The lowest BCUT2D eigenvalue weighted by molar-refractivity contribution is 0.133. The second kappa shape index (κ2) is 11.8. The fourth-order valence-corrected chi connectivity index (χ4v) is 6.58. The van der Waals surface area contributed by atoms with E-state index in [-0.39, 0.29) is 41.7 Å². The molecular weight excluding hydrogens is 493 g/mol. The van der Waals surface area contributed by atoms with Crippen LogP contribution in [0, 0.1) is 34.4 Å². The van der Waals surface area contributed by atoms with Crippen LogP contribution < -0.4 is 5.32 Å². The molecule has 5 rings (SSSR count). The van der Waals surface area contributed by atoms with Gasteiger partial charge in [-0.2, -0.15) is 0 Å². The number of carbonyl (C=O) groups is 1. The van der Waals surface area contributed by atoms with Crippen molar-refractivity contribution in [2.75, 3.05) is 19.7 Å². The van der Waals surface area contributed by atoms with Gasteiger partial charge in [0.15, 0.2) is 0 Å². The standard InChI is InChI=1S/C31H38FN5O2/c1-31-17-23(18-33)29(35-27-8-6-26(32)7-9-27)16-25(31)5-4-24(31)15-28(22-3-2-12-34-19-22)36-30(39)37-13-10-21(20-38)11-14-37/h2-3,6-9,12,16,18-19,21,23-24,28,33,38H,4-5,10-11,13-15,17,20H2,1H3,(H,36,39). The molecule has 2 fully saturated rings. The third-order valence-electron chi connectivity index (χ3n) is 9.09. The summed E-state index contributed by atoms with van der Waals surface area (Å²) in [5.41, 5.74) is 3.78. The smallest absolute Gasteiger partial charge is 0.317 e. The molecule has 4 atom stereocenters. The van der Waals surface area contributed by atoms with E-state index in [1.165, 1.54) is 23.9 Å². The van der Waals surface area contributed by atoms with Gasteiger partial charge in [-0.05, 0) is 97.7 Å². The first-order valence-electron chi connectivity index (χ1n) is 14.0. The quantitative estimate of drug-likeness (QED) is 0.391. The van der Waals surface area contributed by atoms with Gasteiger partial charge in [-0.25, -0.2) is 9.18 Å². The van der Waals surface area contributed by atoms with Crippen LogP contribution in [0.15, 0.2) is 65.4 Å². The number of urea groups is 1. The highest BCUT2D eigenvalue weighted by molar-refractivity contribution is 6.08. The maximum absolute atomic E-state index is 13.4. The Balaban J connectivity index is 1.35. The molecular formula is C31H38FN5O2. The lowest BCUT2D eigenvalue weighted by Gasteiger charge is -2.40. The molecule has 2 aromatic rings. The van der Waals surface area contributed by atoms with Gasteiger partial charge in [0, 0.05) is 49.9 Å². The van der Waals surface area contributed by atoms with Gasteiger partial charge in [0.2, 0.25) is 0 Å². The number of aliphatic hydroxyl groups is 1. The molecule has 0 spiro atoms. The van der Waals surface area contributed by atoms with Crippen LogP contribution in [-0.2, 0) is 0 Å². The van der Waals surface area contributed by atoms with Crippen LogP contribution >= 0.6 is 0 Å². The Kier molecular flexibility index (Phi) is 8.21. The summed E-state index contributed by atoms with van der Waals surface area (Å²) in [4.78, 5) is 24.3. The van der Waals surface area contributed by atoms with Crippen LogP contribution in [-0.4, -0.2) is 52.6 Å². The van der Waals surface area contributed by atoms with Crippen LogP contribution in [0.25, 0.3) is 0 Å². The van der Waals surface area contributed by atoms with E-state index in [4.69, 9.17) is 10.4 Å². The van der Waals surface area contributed by atoms with Gasteiger partial charge < -0.3 is 20.7 Å². The molecule has 206 valence electrons. The third kappa shape index (κ3) is 5.96. The average Bonchev–Trinajstić information content (AvgIpc) is 3.28. The number of aliphatic hydroxyl groups excluding tert-OH is 1. The van der Waals surface area contributed by atoms with Crippen molar-refractivity contribution in [3.05, 3.63) is 71.8 Å². The van der Waals surface area contributed by atoms with Gasteiger partial charge in [0.1, 0.15) is 5.82 Å². The molecule has 1 aromatic heterocycles. The first-order chi connectivity index (χ1) is 18.9. The molecule has 1 aliphatic heterocycles. The molecule has 1 saturated heterocycles. The van der Waals surface area contributed by atoms with E-state index in [2.05, 4.69) is 23.3 Å². The van der Waals surface area contributed by atoms with Crippen molar-refractivity contribution < 1.29 is 14.3 Å². The van der Waals surface area contributed by atoms with E-state index in [9.17, 15) is 14.3 Å². The number of rotatable bonds is 7. The van der Waals surface area contributed by atoms with Crippen molar-refractivity contribution in [1.82, 2.24) is 15.2 Å². The van der Waals surface area contributed by atoms with Crippen molar-refractivity contribution in [1.29, 1.82) is 5.41 Å². The summed E-state index contributed by atoms with van der Waals surface area (Å²) in [6.07, 6.45) is 12.4. The van der Waals surface area contributed by atoms with Crippen molar-refractivity contribution >= 4 is 23.6 Å². The van der Waals surface area contributed by atoms with E-state index in [0.29, 0.717) is 24.7 Å². The number of aromatic nitrogens is 1. The molecule has 0 bridgehead atoms. The summed E-state index contributed by atoms with van der Waals surface area (Å²) in [6, 6.07) is 9.86. The summed E-state index contributed by atoms with van der Waals surface area (Å²) < 4.78 is 13.4. The van der Waals surface area contributed by atoms with Crippen molar-refractivity contribution in [2.45, 2.75) is 51.5 Å². The Morgan fingerprint density at radius 2 is 2.05 bits per heavy atom. The van der Waals surface area contributed by atoms with E-state index < -0.39 is 0 Å². The number of allylic oxidation sites excluding steroid dienone is 2. The van der Waals surface area contributed by atoms with Gasteiger partial charge >= 0.3 is 6.03 Å². The van der Waals surface area contributed by atoms with Gasteiger partial charge in [-0.3, -0.25) is 9.98 Å². The Labute approximate surface area is 229 Å². The minimum atomic E-state index is -0.291. The number of carbonyl (C=O) groups excluding carboxylic acids is 1. The second-order valence-corrected chi connectivity index (χ2v) is 11.5. The number of pyridine rings is 1. The number of likely N-dealkylation sites (tertiary alicyclic amines) is 1. The van der Waals surface area contributed by atoms with E-state index >= 15 is 0 Å². The monoisotopic (exact) mass is 531 g/mol. The topological polar surface area (TPSA) is 102 Å². The summed E-state index contributed by atoms with van der Waals surface area (Å²) in [7, 11) is 0. The fourth-order valence-electron chi connectivity index (χ4n) is 6.58. The van der Waals surface area contributed by atoms with Crippen LogP contribution in [0.2, 0.25) is 0 Å². The van der Waals surface area contributed by atoms with E-state index in [1.807, 2.05) is 23.2 Å². The maximum Gasteiger partial charge on any atom is 0.317 e. The molecule has 39 heavy (non-hydrogen) atoms. The highest BCUT2D eigenvalue weighted by Crippen LogP contribution is 2.56. The minimum Gasteiger partial charge on any atom is -0.396 e. The van der Waals surface area contributed by atoms with Crippen LogP contribution in [0.5, 0.6) is 0 Å². The highest BCUT2D eigenvalue weighted by atomic mass is 19.1. The SMILES string of the molecule is CC12CC(C=N)C(=Nc3ccc(F)cc3)C=C1CCC2CC(NC(=O)N1CCC(CO)CC1)c1cccnc1. The molecule has 1 saturated carbocycles. The largest absolute Gasteiger partial charge is 0.396 e. The first kappa shape index (κ1) is 27.2. The number of hydrogen-bond donors (Lipinski definition) is 3. The summed E-state index contributed by atoms with van der Waals surface area (Å²) in [5, 5.41) is 20.9. The highest BCUT2D eigenvalue weighted by Gasteiger charge is 2.47. The fraction of sp³-hybridized carbons (Fsp3) is 0.484. The number of halogens is 1. The van der Waals surface area contributed by atoms with Crippen LogP contribution in [0.3, 0.4) is 0 Å². The second-order valence-electron chi connectivity index (χ2n) is 11.5. The summed E-state index contributed by atoms with van der Waals surface area (Å²) >= 11 is 0. The molecule has 0 radical (unpaired) electrons. The predicted octanol–water partition coefficient (Wildman–Crippen LogP) is 5.85. The van der Waals surface area contributed by atoms with E-state index in [1.54, 1.807) is 18.3 Å². The number of piperidine rings is 1. The molecule has 8 heteroatoms. The summed E-state index contributed by atoms with van der Waals surface area (Å²) in [5.74, 6) is 0.185. The van der Waals surface area contributed by atoms with Crippen LogP contribution in [0.1, 0.15) is 57.1 Å². The zero-order chi connectivity index (χ0) is 27.4. The number of amides is 2. The Morgan fingerprint density at radius 1 is 1.28 bits per heavy atom. The summed E-state index contributed by atoms with van der Waals surface area (Å²) in [6.45, 7) is 3.78. The van der Waals surface area contributed by atoms with Crippen molar-refractivity contribution in [3.63, 3.8) is 0 Å². The van der Waals surface area contributed by atoms with Crippen LogP contribution in [0.4, 0.5) is 14.9 Å². The van der Waals surface area contributed by atoms with Crippen molar-refractivity contribution in [2.24, 2.45) is 28.2 Å². The predicted molar refractivity (Wildman–Crippen MR) is 151 cm³/mol. The number of nitrogens with one attached hydrogen (secondary N) is 2.